The minimum atomic E-state index is 0.100. The fourth-order valence-electron chi connectivity index (χ4n) is 4.20. The van der Waals surface area contributed by atoms with Crippen LogP contribution in [0.5, 0.6) is 11.5 Å². The van der Waals surface area contributed by atoms with Gasteiger partial charge in [0.15, 0.2) is 11.5 Å². The van der Waals surface area contributed by atoms with Gasteiger partial charge in [-0.3, -0.25) is 4.79 Å². The summed E-state index contributed by atoms with van der Waals surface area (Å²) in [4.78, 5) is 14.9. The van der Waals surface area contributed by atoms with Gasteiger partial charge >= 0.3 is 0 Å². The Morgan fingerprint density at radius 2 is 1.89 bits per heavy atom. The zero-order chi connectivity index (χ0) is 19.1. The lowest BCUT2D eigenvalue weighted by atomic mass is 10.0. The quantitative estimate of drug-likeness (QED) is 0.667. The maximum Gasteiger partial charge on any atom is 0.231 e. The molecule has 0 N–H and O–H groups in total. The summed E-state index contributed by atoms with van der Waals surface area (Å²) < 4.78 is 16.6. The number of rotatable bonds is 5. The molecule has 2 aliphatic rings. The predicted molar refractivity (Wildman–Crippen MR) is 106 cm³/mol. The predicted octanol–water partition coefficient (Wildman–Crippen LogP) is 4.24. The Morgan fingerprint density at radius 3 is 2.75 bits per heavy atom. The second-order valence-electron chi connectivity index (χ2n) is 7.50. The number of likely N-dealkylation sites (N-methyl/N-ethyl adjacent to an activating group) is 1. The van der Waals surface area contributed by atoms with E-state index in [4.69, 9.17) is 13.9 Å². The number of ether oxygens (including phenoxy) is 2. The molecule has 0 radical (unpaired) electrons. The second-order valence-corrected chi connectivity index (χ2v) is 7.50. The highest BCUT2D eigenvalue weighted by Crippen LogP contribution is 2.33. The van der Waals surface area contributed by atoms with Crippen LogP contribution in [0.25, 0.3) is 11.0 Å². The fraction of sp³-hybridized carbons (Fsp3) is 0.348. The lowest BCUT2D eigenvalue weighted by molar-refractivity contribution is -0.130. The number of fused-ring (bicyclic) bond motifs is 3. The van der Waals surface area contributed by atoms with E-state index in [2.05, 4.69) is 12.1 Å². The SMILES string of the molecule is CCN(Cc1ccc2c(c1)OCO2)C(=O)Cc1coc2cc3c(cc12)CCC3. The van der Waals surface area contributed by atoms with Crippen LogP contribution in [0.2, 0.25) is 0 Å². The van der Waals surface area contributed by atoms with Gasteiger partial charge in [-0.2, -0.15) is 0 Å². The van der Waals surface area contributed by atoms with Crippen molar-refractivity contribution in [3.63, 3.8) is 0 Å². The van der Waals surface area contributed by atoms with Gasteiger partial charge in [-0.1, -0.05) is 6.07 Å². The summed E-state index contributed by atoms with van der Waals surface area (Å²) in [5.74, 6) is 1.61. The topological polar surface area (TPSA) is 51.9 Å². The van der Waals surface area contributed by atoms with Crippen molar-refractivity contribution in [1.82, 2.24) is 4.90 Å². The standard InChI is InChI=1S/C23H23NO4/c1-2-24(12-15-6-7-20-22(8-15)28-14-27-20)23(25)11-18-13-26-21-10-17-5-3-4-16(17)9-19(18)21/h6-10,13H,2-5,11-12,14H2,1H3. The van der Waals surface area contributed by atoms with Crippen molar-refractivity contribution >= 4 is 16.9 Å². The minimum Gasteiger partial charge on any atom is -0.464 e. The molecule has 0 bridgehead atoms. The molecular formula is C23H23NO4. The van der Waals surface area contributed by atoms with Gasteiger partial charge in [0, 0.05) is 24.0 Å². The van der Waals surface area contributed by atoms with Gasteiger partial charge in [-0.25, -0.2) is 0 Å². The number of carbonyl (C=O) groups is 1. The van der Waals surface area contributed by atoms with Crippen LogP contribution in [-0.2, 0) is 30.6 Å². The highest BCUT2D eigenvalue weighted by atomic mass is 16.7. The van der Waals surface area contributed by atoms with Crippen LogP contribution in [0.15, 0.2) is 41.0 Å². The third-order valence-electron chi connectivity index (χ3n) is 5.75. The first-order valence-electron chi connectivity index (χ1n) is 9.89. The summed E-state index contributed by atoms with van der Waals surface area (Å²) in [6, 6.07) is 10.2. The van der Waals surface area contributed by atoms with Gasteiger partial charge in [0.25, 0.3) is 0 Å². The first-order chi connectivity index (χ1) is 13.7. The molecule has 1 aliphatic carbocycles. The van der Waals surface area contributed by atoms with E-state index in [1.54, 1.807) is 6.26 Å². The van der Waals surface area contributed by atoms with Crippen LogP contribution >= 0.6 is 0 Å². The van der Waals surface area contributed by atoms with Crippen molar-refractivity contribution in [2.45, 2.75) is 39.2 Å². The van der Waals surface area contributed by atoms with E-state index >= 15 is 0 Å². The minimum absolute atomic E-state index is 0.100. The first kappa shape index (κ1) is 17.2. The molecule has 1 aliphatic heterocycles. The Balaban J connectivity index is 1.34. The van der Waals surface area contributed by atoms with E-state index in [1.165, 1.54) is 17.5 Å². The summed E-state index contributed by atoms with van der Waals surface area (Å²) in [5.41, 5.74) is 5.68. The maximum absolute atomic E-state index is 13.0. The van der Waals surface area contributed by atoms with E-state index in [0.717, 1.165) is 46.4 Å². The van der Waals surface area contributed by atoms with Crippen LogP contribution in [0.3, 0.4) is 0 Å². The van der Waals surface area contributed by atoms with Gasteiger partial charge in [0.1, 0.15) is 5.58 Å². The number of amides is 1. The molecule has 28 heavy (non-hydrogen) atoms. The van der Waals surface area contributed by atoms with Gasteiger partial charge in [0.05, 0.1) is 12.7 Å². The average Bonchev–Trinajstić information content (AvgIpc) is 3.43. The summed E-state index contributed by atoms with van der Waals surface area (Å²) in [7, 11) is 0. The Labute approximate surface area is 163 Å². The van der Waals surface area contributed by atoms with Crippen LogP contribution in [0.1, 0.15) is 35.6 Å². The number of carbonyl (C=O) groups excluding carboxylic acids is 1. The molecule has 2 aromatic carbocycles. The van der Waals surface area contributed by atoms with Crippen molar-refractivity contribution in [2.24, 2.45) is 0 Å². The average molecular weight is 377 g/mol. The number of benzene rings is 2. The molecule has 0 atom stereocenters. The molecule has 5 nitrogen and oxygen atoms in total. The second kappa shape index (κ2) is 6.89. The summed E-state index contributed by atoms with van der Waals surface area (Å²) in [6.07, 6.45) is 5.54. The lowest BCUT2D eigenvalue weighted by Gasteiger charge is -2.21. The number of hydrogen-bond donors (Lipinski definition) is 0. The lowest BCUT2D eigenvalue weighted by Crippen LogP contribution is -2.31. The molecule has 0 fully saturated rings. The summed E-state index contributed by atoms with van der Waals surface area (Å²) in [6.45, 7) is 3.47. The van der Waals surface area contributed by atoms with Crippen LogP contribution in [0, 0.1) is 0 Å². The monoisotopic (exact) mass is 377 g/mol. The smallest absolute Gasteiger partial charge is 0.231 e. The molecule has 5 rings (SSSR count). The van der Waals surface area contributed by atoms with Gasteiger partial charge in [0.2, 0.25) is 12.7 Å². The van der Waals surface area contributed by atoms with E-state index < -0.39 is 0 Å². The largest absolute Gasteiger partial charge is 0.464 e. The van der Waals surface area contributed by atoms with E-state index in [0.29, 0.717) is 19.5 Å². The molecule has 1 aromatic heterocycles. The molecule has 0 unspecified atom stereocenters. The highest BCUT2D eigenvalue weighted by Gasteiger charge is 2.20. The Kier molecular flexibility index (Phi) is 4.23. The first-order valence-corrected chi connectivity index (χ1v) is 9.89. The normalized spacial score (nSPS) is 14.5. The molecule has 2 heterocycles. The van der Waals surface area contributed by atoms with Crippen molar-refractivity contribution in [3.05, 3.63) is 58.8 Å². The Bertz CT molecular complexity index is 1050. The van der Waals surface area contributed by atoms with Crippen molar-refractivity contribution in [3.8, 4) is 11.5 Å². The fourth-order valence-corrected chi connectivity index (χ4v) is 4.20. The molecule has 1 amide bonds. The third kappa shape index (κ3) is 3.01. The molecule has 0 spiro atoms. The molecule has 5 heteroatoms. The van der Waals surface area contributed by atoms with E-state index in [1.807, 2.05) is 30.0 Å². The molecular weight excluding hydrogens is 354 g/mol. The Hall–Kier alpha value is -2.95. The van der Waals surface area contributed by atoms with Gasteiger partial charge in [-0.15, -0.1) is 0 Å². The van der Waals surface area contributed by atoms with Crippen LogP contribution < -0.4 is 9.47 Å². The van der Waals surface area contributed by atoms with E-state index in [9.17, 15) is 4.79 Å². The number of aryl methyl sites for hydroxylation is 2. The van der Waals surface area contributed by atoms with Crippen molar-refractivity contribution < 1.29 is 18.7 Å². The zero-order valence-corrected chi connectivity index (χ0v) is 16.0. The molecule has 3 aromatic rings. The number of furan rings is 1. The maximum atomic E-state index is 13.0. The van der Waals surface area contributed by atoms with E-state index in [-0.39, 0.29) is 12.7 Å². The molecule has 0 saturated carbocycles. The number of hydrogen-bond acceptors (Lipinski definition) is 4. The highest BCUT2D eigenvalue weighted by molar-refractivity contribution is 5.88. The third-order valence-corrected chi connectivity index (χ3v) is 5.75. The number of nitrogens with zero attached hydrogens (tertiary/aromatic N) is 1. The molecule has 0 saturated heterocycles. The Morgan fingerprint density at radius 1 is 1.07 bits per heavy atom. The van der Waals surface area contributed by atoms with Gasteiger partial charge < -0.3 is 18.8 Å². The summed E-state index contributed by atoms with van der Waals surface area (Å²) in [5, 5.41) is 1.08. The van der Waals surface area contributed by atoms with Crippen LogP contribution in [-0.4, -0.2) is 24.1 Å². The van der Waals surface area contributed by atoms with Crippen LogP contribution in [0.4, 0.5) is 0 Å². The van der Waals surface area contributed by atoms with Gasteiger partial charge in [-0.05, 0) is 67.1 Å². The van der Waals surface area contributed by atoms with Crippen molar-refractivity contribution in [1.29, 1.82) is 0 Å². The molecule has 144 valence electrons. The zero-order valence-electron chi connectivity index (χ0n) is 16.0. The summed E-state index contributed by atoms with van der Waals surface area (Å²) >= 11 is 0. The van der Waals surface area contributed by atoms with Crippen molar-refractivity contribution in [2.75, 3.05) is 13.3 Å².